The zero-order valence-corrected chi connectivity index (χ0v) is 11.1. The Morgan fingerprint density at radius 2 is 2.19 bits per heavy atom. The molecule has 1 saturated carbocycles. The van der Waals surface area contributed by atoms with Crippen LogP contribution in [0.3, 0.4) is 0 Å². The van der Waals surface area contributed by atoms with E-state index in [1.165, 1.54) is 0 Å². The van der Waals surface area contributed by atoms with E-state index < -0.39 is 0 Å². The summed E-state index contributed by atoms with van der Waals surface area (Å²) >= 11 is 0. The van der Waals surface area contributed by atoms with E-state index in [2.05, 4.69) is 25.8 Å². The number of Topliss-reactive ketones (excluding diaryl/α,β-unsaturated/α-hetero) is 1. The third-order valence-corrected chi connectivity index (χ3v) is 3.58. The fourth-order valence-corrected chi connectivity index (χ4v) is 2.46. The van der Waals surface area contributed by atoms with Crippen molar-refractivity contribution in [2.45, 2.75) is 33.1 Å². The highest BCUT2D eigenvalue weighted by Gasteiger charge is 2.40. The predicted molar refractivity (Wildman–Crippen MR) is 65.5 cm³/mol. The lowest BCUT2D eigenvalue weighted by molar-refractivity contribution is -0.127. The van der Waals surface area contributed by atoms with Gasteiger partial charge in [-0.25, -0.2) is 0 Å². The number of rotatable bonds is 6. The van der Waals surface area contributed by atoms with E-state index >= 15 is 0 Å². The molecule has 0 aromatic rings. The second-order valence-corrected chi connectivity index (χ2v) is 5.59. The van der Waals surface area contributed by atoms with Crippen molar-refractivity contribution < 1.29 is 9.53 Å². The molecular weight excluding hydrogens is 202 g/mol. The fraction of sp³-hybridized carbons (Fsp3) is 0.923. The molecule has 0 amide bonds. The molecule has 0 saturated heterocycles. The van der Waals surface area contributed by atoms with Crippen molar-refractivity contribution in [1.29, 1.82) is 0 Å². The molecular formula is C13H25NO2. The molecule has 0 N–H and O–H groups in total. The molecule has 1 aliphatic rings. The average Bonchev–Trinajstić information content (AvgIpc) is 2.46. The molecule has 0 heterocycles. The highest BCUT2D eigenvalue weighted by atomic mass is 16.5. The quantitative estimate of drug-likeness (QED) is 0.650. The Morgan fingerprint density at radius 1 is 1.50 bits per heavy atom. The minimum atomic E-state index is -0.0853. The van der Waals surface area contributed by atoms with Crippen LogP contribution in [-0.2, 0) is 9.53 Å². The van der Waals surface area contributed by atoms with Crippen LogP contribution in [0.1, 0.15) is 33.1 Å². The largest absolute Gasteiger partial charge is 0.385 e. The minimum Gasteiger partial charge on any atom is -0.385 e. The Morgan fingerprint density at radius 3 is 2.69 bits per heavy atom. The minimum absolute atomic E-state index is 0.0853. The first-order valence-corrected chi connectivity index (χ1v) is 6.19. The third kappa shape index (κ3) is 3.56. The monoisotopic (exact) mass is 227 g/mol. The number of carbonyl (C=O) groups is 1. The molecule has 1 fully saturated rings. The topological polar surface area (TPSA) is 29.5 Å². The van der Waals surface area contributed by atoms with Crippen molar-refractivity contribution in [2.75, 3.05) is 33.9 Å². The first kappa shape index (κ1) is 13.7. The number of hydrogen-bond donors (Lipinski definition) is 0. The van der Waals surface area contributed by atoms with Gasteiger partial charge in [-0.3, -0.25) is 4.79 Å². The summed E-state index contributed by atoms with van der Waals surface area (Å²) in [6.07, 6.45) is 3.14. The fourth-order valence-electron chi connectivity index (χ4n) is 2.46. The molecule has 1 atom stereocenters. The summed E-state index contributed by atoms with van der Waals surface area (Å²) in [7, 11) is 3.82. The van der Waals surface area contributed by atoms with Crippen LogP contribution in [-0.4, -0.2) is 44.5 Å². The lowest BCUT2D eigenvalue weighted by atomic mass is 9.89. The molecule has 3 nitrogen and oxygen atoms in total. The predicted octanol–water partition coefficient (Wildman–Crippen LogP) is 1.96. The van der Waals surface area contributed by atoms with E-state index in [1.54, 1.807) is 7.11 Å². The number of nitrogens with zero attached hydrogens (tertiary/aromatic N) is 1. The first-order valence-electron chi connectivity index (χ1n) is 6.19. The second kappa shape index (κ2) is 5.78. The van der Waals surface area contributed by atoms with E-state index in [0.717, 1.165) is 39.0 Å². The van der Waals surface area contributed by atoms with Gasteiger partial charge in [-0.2, -0.15) is 0 Å². The smallest absolute Gasteiger partial charge is 0.142 e. The number of hydrogen-bond acceptors (Lipinski definition) is 3. The standard InChI is InChI=1S/C13H25NO2/c1-13(2)7-6-11(12(13)15)10-14(3)8-5-9-16-4/h11H,5-10H2,1-4H3. The van der Waals surface area contributed by atoms with E-state index in [0.29, 0.717) is 5.78 Å². The number of ether oxygens (including phenoxy) is 1. The molecule has 1 rings (SSSR count). The maximum absolute atomic E-state index is 12.0. The Bertz CT molecular complexity index is 238. The SMILES string of the molecule is COCCCN(C)CC1CCC(C)(C)C1=O. The summed E-state index contributed by atoms with van der Waals surface area (Å²) in [6.45, 7) is 6.86. The molecule has 16 heavy (non-hydrogen) atoms. The van der Waals surface area contributed by atoms with Crippen molar-refractivity contribution >= 4 is 5.78 Å². The summed E-state index contributed by atoms with van der Waals surface area (Å²) in [4.78, 5) is 14.3. The average molecular weight is 227 g/mol. The molecule has 1 unspecified atom stereocenters. The molecule has 94 valence electrons. The van der Waals surface area contributed by atoms with Crippen LogP contribution in [0.2, 0.25) is 0 Å². The molecule has 0 aliphatic heterocycles. The number of ketones is 1. The zero-order chi connectivity index (χ0) is 12.2. The van der Waals surface area contributed by atoms with Crippen LogP contribution in [0, 0.1) is 11.3 Å². The van der Waals surface area contributed by atoms with Gasteiger partial charge in [0.05, 0.1) is 0 Å². The van der Waals surface area contributed by atoms with Crippen molar-refractivity contribution in [2.24, 2.45) is 11.3 Å². The molecule has 0 bridgehead atoms. The van der Waals surface area contributed by atoms with Gasteiger partial charge in [-0.05, 0) is 26.3 Å². The Labute approximate surface area is 99.1 Å². The number of methoxy groups -OCH3 is 1. The maximum atomic E-state index is 12.0. The summed E-state index contributed by atoms with van der Waals surface area (Å²) in [5, 5.41) is 0. The van der Waals surface area contributed by atoms with Gasteiger partial charge in [0.25, 0.3) is 0 Å². The van der Waals surface area contributed by atoms with Gasteiger partial charge < -0.3 is 9.64 Å². The molecule has 0 spiro atoms. The Balaban J connectivity index is 2.30. The van der Waals surface area contributed by atoms with Gasteiger partial charge in [-0.1, -0.05) is 13.8 Å². The summed E-state index contributed by atoms with van der Waals surface area (Å²) in [5.74, 6) is 0.702. The van der Waals surface area contributed by atoms with Crippen LogP contribution in [0.5, 0.6) is 0 Å². The van der Waals surface area contributed by atoms with Crippen LogP contribution >= 0.6 is 0 Å². The molecule has 0 radical (unpaired) electrons. The maximum Gasteiger partial charge on any atom is 0.142 e. The van der Waals surface area contributed by atoms with Gasteiger partial charge in [0.1, 0.15) is 5.78 Å². The Kier molecular flexibility index (Phi) is 4.93. The van der Waals surface area contributed by atoms with E-state index in [4.69, 9.17) is 4.74 Å². The van der Waals surface area contributed by atoms with Gasteiger partial charge in [0.2, 0.25) is 0 Å². The summed E-state index contributed by atoms with van der Waals surface area (Å²) in [5.41, 5.74) is -0.0853. The molecule has 1 aliphatic carbocycles. The highest BCUT2D eigenvalue weighted by Crippen LogP contribution is 2.37. The van der Waals surface area contributed by atoms with Crippen LogP contribution in [0.25, 0.3) is 0 Å². The van der Waals surface area contributed by atoms with Crippen molar-refractivity contribution in [1.82, 2.24) is 4.90 Å². The lowest BCUT2D eigenvalue weighted by Crippen LogP contribution is -2.32. The molecule has 0 aromatic heterocycles. The van der Waals surface area contributed by atoms with Crippen molar-refractivity contribution in [3.8, 4) is 0 Å². The lowest BCUT2D eigenvalue weighted by Gasteiger charge is -2.21. The summed E-state index contributed by atoms with van der Waals surface area (Å²) < 4.78 is 5.02. The Hall–Kier alpha value is -0.410. The van der Waals surface area contributed by atoms with Crippen molar-refractivity contribution in [3.63, 3.8) is 0 Å². The van der Waals surface area contributed by atoms with Gasteiger partial charge in [-0.15, -0.1) is 0 Å². The zero-order valence-electron chi connectivity index (χ0n) is 11.1. The molecule has 3 heteroatoms. The van der Waals surface area contributed by atoms with Crippen LogP contribution in [0.15, 0.2) is 0 Å². The van der Waals surface area contributed by atoms with Crippen LogP contribution < -0.4 is 0 Å². The first-order chi connectivity index (χ1) is 7.47. The normalized spacial score (nSPS) is 24.3. The molecule has 0 aromatic carbocycles. The second-order valence-electron chi connectivity index (χ2n) is 5.59. The number of carbonyl (C=O) groups excluding carboxylic acids is 1. The van der Waals surface area contributed by atoms with Gasteiger partial charge in [0, 0.05) is 38.1 Å². The van der Waals surface area contributed by atoms with Crippen molar-refractivity contribution in [3.05, 3.63) is 0 Å². The van der Waals surface area contributed by atoms with E-state index in [-0.39, 0.29) is 11.3 Å². The summed E-state index contributed by atoms with van der Waals surface area (Å²) in [6, 6.07) is 0. The third-order valence-electron chi connectivity index (χ3n) is 3.58. The van der Waals surface area contributed by atoms with E-state index in [1.807, 2.05) is 0 Å². The van der Waals surface area contributed by atoms with Crippen LogP contribution in [0.4, 0.5) is 0 Å². The van der Waals surface area contributed by atoms with E-state index in [9.17, 15) is 4.79 Å². The van der Waals surface area contributed by atoms with Gasteiger partial charge >= 0.3 is 0 Å². The highest BCUT2D eigenvalue weighted by molar-refractivity contribution is 5.88. The van der Waals surface area contributed by atoms with Gasteiger partial charge in [0.15, 0.2) is 0 Å².